The summed E-state index contributed by atoms with van der Waals surface area (Å²) in [5, 5.41) is 2.81. The molecule has 2 aliphatic heterocycles. The zero-order chi connectivity index (χ0) is 25.3. The molecule has 34 heavy (non-hydrogen) atoms. The van der Waals surface area contributed by atoms with E-state index in [2.05, 4.69) is 44.7 Å². The maximum atomic E-state index is 13.8. The van der Waals surface area contributed by atoms with Crippen molar-refractivity contribution < 1.29 is 24.2 Å². The molecule has 190 valence electrons. The van der Waals surface area contributed by atoms with E-state index in [1.54, 1.807) is 4.90 Å². The maximum absolute atomic E-state index is 13.8. The minimum atomic E-state index is -1.04. The number of primary amides is 1. The van der Waals surface area contributed by atoms with Crippen LogP contribution in [-0.2, 0) is 19.2 Å². The Balaban J connectivity index is 1.90. The van der Waals surface area contributed by atoms with Crippen LogP contribution >= 0.6 is 0 Å². The van der Waals surface area contributed by atoms with E-state index in [-0.39, 0.29) is 34.5 Å². The molecule has 2 heterocycles. The molecule has 0 aromatic heterocycles. The molecular weight excluding hydrogens is 432 g/mol. The number of nitrogens with one attached hydrogen (secondary N) is 2. The number of carbonyl (C=O) groups is 4. The van der Waals surface area contributed by atoms with Gasteiger partial charge in [0.1, 0.15) is 12.8 Å². The van der Waals surface area contributed by atoms with Crippen molar-refractivity contribution in [3.8, 4) is 0 Å². The van der Waals surface area contributed by atoms with Crippen molar-refractivity contribution in [2.24, 2.45) is 28.4 Å². The Labute approximate surface area is 203 Å². The SMILES string of the molecule is C=[NH+][C@@H]1C(=O)N2CC3[C@@H]([C@H]2C(=O)N[C@H](C(=O)C(N)=O)CCCCCCCCCC1(C)C)C3(C)C. The number of amides is 3. The van der Waals surface area contributed by atoms with E-state index in [0.29, 0.717) is 13.0 Å². The lowest BCUT2D eigenvalue weighted by molar-refractivity contribution is -0.500. The molecule has 0 spiro atoms. The highest BCUT2D eigenvalue weighted by atomic mass is 16.2. The largest absolute Gasteiger partial charge is 0.363 e. The number of nitrogens with two attached hydrogens (primary N) is 1. The standard InChI is InChI=1S/C26H42N4O4/c1-25(2)14-12-10-8-6-7-9-11-13-17(20(31)22(27)32)29-23(33)19-18-16(26(18,3)4)15-30(19)24(34)21(25)28-5/h16-19,21H,5-15H2,1-4H3,(H2,27,32)(H,29,33)/p+1/t16?,17-,18-,19-,21+/m0/s1. The second-order valence-electron chi connectivity index (χ2n) is 11.8. The van der Waals surface area contributed by atoms with E-state index >= 15 is 0 Å². The molecule has 3 fully saturated rings. The van der Waals surface area contributed by atoms with E-state index in [9.17, 15) is 19.2 Å². The highest BCUT2D eigenvalue weighted by Crippen LogP contribution is 2.65. The molecular formula is C26H43N4O4+. The molecule has 2 saturated heterocycles. The lowest BCUT2D eigenvalue weighted by Gasteiger charge is -2.35. The molecule has 5 atom stereocenters. The molecule has 1 unspecified atom stereocenters. The number of hydrogen-bond acceptors (Lipinski definition) is 4. The molecule has 0 aromatic carbocycles. The van der Waals surface area contributed by atoms with Gasteiger partial charge in [0.25, 0.3) is 11.8 Å². The summed E-state index contributed by atoms with van der Waals surface area (Å²) >= 11 is 0. The van der Waals surface area contributed by atoms with Crippen LogP contribution in [0.1, 0.15) is 85.5 Å². The molecule has 1 saturated carbocycles. The third-order valence-corrected chi connectivity index (χ3v) is 8.68. The lowest BCUT2D eigenvalue weighted by atomic mass is 9.78. The Bertz CT molecular complexity index is 837. The van der Waals surface area contributed by atoms with E-state index in [1.165, 1.54) is 0 Å². The molecule has 0 bridgehead atoms. The molecule has 3 rings (SSSR count). The number of Topliss-reactive ketones (excluding diaryl/α,β-unsaturated/α-hetero) is 1. The molecule has 1 aliphatic carbocycles. The third-order valence-electron chi connectivity index (χ3n) is 8.68. The third kappa shape index (κ3) is 5.20. The zero-order valence-corrected chi connectivity index (χ0v) is 21.3. The van der Waals surface area contributed by atoms with Gasteiger partial charge < -0.3 is 16.0 Å². The predicted molar refractivity (Wildman–Crippen MR) is 130 cm³/mol. The summed E-state index contributed by atoms with van der Waals surface area (Å²) in [5.74, 6) is -2.04. The van der Waals surface area contributed by atoms with Crippen molar-refractivity contribution >= 4 is 30.2 Å². The van der Waals surface area contributed by atoms with E-state index in [1.807, 2.05) is 0 Å². The minimum absolute atomic E-state index is 0.0245. The highest BCUT2D eigenvalue weighted by Gasteiger charge is 2.70. The van der Waals surface area contributed by atoms with Gasteiger partial charge in [-0.05, 0) is 30.1 Å². The Hall–Kier alpha value is -2.25. The average Bonchev–Trinajstić information content (AvgIpc) is 3.10. The van der Waals surface area contributed by atoms with Gasteiger partial charge in [-0.1, -0.05) is 72.6 Å². The van der Waals surface area contributed by atoms with Crippen LogP contribution in [0.3, 0.4) is 0 Å². The monoisotopic (exact) mass is 475 g/mol. The van der Waals surface area contributed by atoms with Crippen molar-refractivity contribution in [3.05, 3.63) is 0 Å². The lowest BCUT2D eigenvalue weighted by Crippen LogP contribution is -2.83. The molecule has 4 N–H and O–H groups in total. The van der Waals surface area contributed by atoms with Crippen molar-refractivity contribution in [1.82, 2.24) is 10.2 Å². The van der Waals surface area contributed by atoms with Gasteiger partial charge in [0.05, 0.1) is 6.04 Å². The second kappa shape index (κ2) is 10.2. The van der Waals surface area contributed by atoms with Crippen LogP contribution in [0.4, 0.5) is 0 Å². The van der Waals surface area contributed by atoms with Gasteiger partial charge in [-0.25, -0.2) is 4.99 Å². The highest BCUT2D eigenvalue weighted by molar-refractivity contribution is 6.37. The first-order valence-electron chi connectivity index (χ1n) is 12.9. The average molecular weight is 476 g/mol. The second-order valence-corrected chi connectivity index (χ2v) is 11.8. The number of hydrogen-bond donors (Lipinski definition) is 3. The predicted octanol–water partition coefficient (Wildman–Crippen LogP) is 0.709. The molecule has 0 radical (unpaired) electrons. The number of nitrogens with zero attached hydrogens (tertiary/aromatic N) is 1. The number of rotatable bonds is 3. The number of fused-ring (bicyclic) bond motifs is 3. The van der Waals surface area contributed by atoms with Gasteiger partial charge in [0.2, 0.25) is 17.7 Å². The Morgan fingerprint density at radius 2 is 1.62 bits per heavy atom. The quantitative estimate of drug-likeness (QED) is 0.411. The summed E-state index contributed by atoms with van der Waals surface area (Å²) in [4.78, 5) is 56.2. The van der Waals surface area contributed by atoms with Gasteiger partial charge in [-0.2, -0.15) is 0 Å². The van der Waals surface area contributed by atoms with Crippen molar-refractivity contribution in [3.63, 3.8) is 0 Å². The fraction of sp³-hybridized carbons (Fsp3) is 0.808. The van der Waals surface area contributed by atoms with Crippen molar-refractivity contribution in [2.75, 3.05) is 6.54 Å². The summed E-state index contributed by atoms with van der Waals surface area (Å²) in [5.41, 5.74) is 4.91. The van der Waals surface area contributed by atoms with Gasteiger partial charge in [-0.3, -0.25) is 19.2 Å². The summed E-state index contributed by atoms with van der Waals surface area (Å²) in [6, 6.07) is -2.13. The molecule has 8 nitrogen and oxygen atoms in total. The number of carbonyl (C=O) groups excluding carboxylic acids is 4. The van der Waals surface area contributed by atoms with Crippen LogP contribution in [0.25, 0.3) is 0 Å². The first-order chi connectivity index (χ1) is 15.9. The molecule has 3 amide bonds. The molecule has 0 aromatic rings. The summed E-state index contributed by atoms with van der Waals surface area (Å²) < 4.78 is 0. The normalized spacial score (nSPS) is 34.2. The summed E-state index contributed by atoms with van der Waals surface area (Å²) in [6.07, 6.45) is 8.35. The van der Waals surface area contributed by atoms with Crippen LogP contribution < -0.4 is 16.0 Å². The van der Waals surface area contributed by atoms with Crippen molar-refractivity contribution in [2.45, 2.75) is 104 Å². The van der Waals surface area contributed by atoms with Crippen LogP contribution in [0.15, 0.2) is 0 Å². The Morgan fingerprint density at radius 1 is 1.03 bits per heavy atom. The molecule has 8 heteroatoms. The topological polar surface area (TPSA) is 124 Å². The minimum Gasteiger partial charge on any atom is -0.363 e. The smallest absolute Gasteiger partial charge is 0.292 e. The van der Waals surface area contributed by atoms with Crippen LogP contribution in [0.5, 0.6) is 0 Å². The van der Waals surface area contributed by atoms with Crippen molar-refractivity contribution in [1.29, 1.82) is 0 Å². The Morgan fingerprint density at radius 3 is 2.21 bits per heavy atom. The van der Waals surface area contributed by atoms with Gasteiger partial charge in [0.15, 0.2) is 0 Å². The van der Waals surface area contributed by atoms with E-state index in [0.717, 1.165) is 51.4 Å². The summed E-state index contributed by atoms with van der Waals surface area (Å²) in [7, 11) is 0. The van der Waals surface area contributed by atoms with E-state index in [4.69, 9.17) is 5.73 Å². The Kier molecular flexibility index (Phi) is 7.88. The van der Waals surface area contributed by atoms with Gasteiger partial charge >= 0.3 is 0 Å². The van der Waals surface area contributed by atoms with Gasteiger partial charge in [-0.15, -0.1) is 0 Å². The number of ketones is 1. The first kappa shape index (κ1) is 26.4. The summed E-state index contributed by atoms with van der Waals surface area (Å²) in [6.45, 7) is 12.8. The fourth-order valence-electron chi connectivity index (χ4n) is 6.33. The fourth-order valence-corrected chi connectivity index (χ4v) is 6.33. The van der Waals surface area contributed by atoms with Gasteiger partial charge in [0, 0.05) is 12.0 Å². The molecule has 3 aliphatic rings. The maximum Gasteiger partial charge on any atom is 0.292 e. The van der Waals surface area contributed by atoms with Crippen LogP contribution in [0, 0.1) is 22.7 Å². The van der Waals surface area contributed by atoms with Crippen LogP contribution in [0.2, 0.25) is 0 Å². The number of piperidine rings is 1. The zero-order valence-electron chi connectivity index (χ0n) is 21.3. The van der Waals surface area contributed by atoms with Crippen LogP contribution in [-0.4, -0.2) is 59.8 Å². The first-order valence-corrected chi connectivity index (χ1v) is 12.9. The van der Waals surface area contributed by atoms with E-state index < -0.39 is 29.8 Å².